The smallest absolute Gasteiger partial charge is 0.134 e. The molecular weight excluding hydrogens is 188 g/mol. The van der Waals surface area contributed by atoms with Crippen molar-refractivity contribution in [3.05, 3.63) is 37.7 Å². The summed E-state index contributed by atoms with van der Waals surface area (Å²) >= 11 is 0. The summed E-state index contributed by atoms with van der Waals surface area (Å²) in [6, 6.07) is 1.90. The lowest BCUT2D eigenvalue weighted by atomic mass is 10.4. The lowest BCUT2D eigenvalue weighted by molar-refractivity contribution is 0.918. The number of hydrogen-bond donors (Lipinski definition) is 1. The van der Waals surface area contributed by atoms with Crippen LogP contribution in [0.2, 0.25) is 0 Å². The van der Waals surface area contributed by atoms with Gasteiger partial charge in [0.1, 0.15) is 18.0 Å². The van der Waals surface area contributed by atoms with Gasteiger partial charge in [0.05, 0.1) is 0 Å². The van der Waals surface area contributed by atoms with Crippen LogP contribution in [0.3, 0.4) is 0 Å². The molecule has 1 heterocycles. The maximum Gasteiger partial charge on any atom is 0.134 e. The van der Waals surface area contributed by atoms with Crippen LogP contribution in [-0.2, 0) is 0 Å². The first-order valence-corrected chi connectivity index (χ1v) is 4.78. The van der Waals surface area contributed by atoms with E-state index in [0.29, 0.717) is 0 Å². The summed E-state index contributed by atoms with van der Waals surface area (Å²) in [6.07, 6.45) is 5.22. The van der Waals surface area contributed by atoms with E-state index in [0.717, 1.165) is 24.7 Å². The van der Waals surface area contributed by atoms with E-state index in [2.05, 4.69) is 33.3 Å². The van der Waals surface area contributed by atoms with Gasteiger partial charge in [0.2, 0.25) is 0 Å². The number of nitrogens with one attached hydrogen (secondary N) is 1. The zero-order chi connectivity index (χ0) is 11.1. The van der Waals surface area contributed by atoms with E-state index in [9.17, 15) is 0 Å². The number of aromatic nitrogens is 2. The van der Waals surface area contributed by atoms with Gasteiger partial charge in [-0.25, -0.2) is 9.97 Å². The van der Waals surface area contributed by atoms with Crippen molar-refractivity contribution in [1.29, 1.82) is 0 Å². The third-order valence-corrected chi connectivity index (χ3v) is 1.93. The van der Waals surface area contributed by atoms with Crippen LogP contribution < -0.4 is 10.2 Å². The van der Waals surface area contributed by atoms with Gasteiger partial charge in [-0.1, -0.05) is 12.2 Å². The number of anilines is 2. The van der Waals surface area contributed by atoms with Crippen molar-refractivity contribution < 1.29 is 0 Å². The molecule has 0 aliphatic heterocycles. The molecule has 0 amide bonds. The molecular formula is C11H16N4. The summed E-state index contributed by atoms with van der Waals surface area (Å²) in [5.41, 5.74) is 0. The molecule has 1 rings (SSSR count). The minimum Gasteiger partial charge on any atom is -0.373 e. The Bertz CT molecular complexity index is 325. The number of hydrogen-bond acceptors (Lipinski definition) is 4. The zero-order valence-corrected chi connectivity index (χ0v) is 8.98. The Morgan fingerprint density at radius 2 is 2.00 bits per heavy atom. The molecule has 0 aromatic carbocycles. The molecule has 4 heteroatoms. The second kappa shape index (κ2) is 5.80. The van der Waals surface area contributed by atoms with Gasteiger partial charge >= 0.3 is 0 Å². The van der Waals surface area contributed by atoms with E-state index in [1.165, 1.54) is 0 Å². The van der Waals surface area contributed by atoms with E-state index in [-0.39, 0.29) is 0 Å². The summed E-state index contributed by atoms with van der Waals surface area (Å²) in [6.45, 7) is 8.92. The van der Waals surface area contributed by atoms with Crippen molar-refractivity contribution in [1.82, 2.24) is 9.97 Å². The molecule has 1 aromatic heterocycles. The molecule has 0 bridgehead atoms. The molecule has 0 aliphatic carbocycles. The molecule has 4 nitrogen and oxygen atoms in total. The maximum absolute atomic E-state index is 4.20. The van der Waals surface area contributed by atoms with Crippen LogP contribution in [0, 0.1) is 0 Å². The minimum absolute atomic E-state index is 0.742. The first kappa shape index (κ1) is 11.2. The lowest BCUT2D eigenvalue weighted by Gasteiger charge is -2.20. The Hall–Kier alpha value is -1.84. The highest BCUT2D eigenvalue weighted by Crippen LogP contribution is 2.13. The van der Waals surface area contributed by atoms with E-state index >= 15 is 0 Å². The van der Waals surface area contributed by atoms with Crippen molar-refractivity contribution in [2.24, 2.45) is 0 Å². The summed E-state index contributed by atoms with van der Waals surface area (Å²) in [5.74, 6) is 1.67. The molecule has 80 valence electrons. The van der Waals surface area contributed by atoms with Crippen molar-refractivity contribution in [2.75, 3.05) is 30.4 Å². The SMILES string of the molecule is C=CCN(CC=C)c1cc(NC)ncn1. The minimum atomic E-state index is 0.742. The summed E-state index contributed by atoms with van der Waals surface area (Å²) in [7, 11) is 1.83. The van der Waals surface area contributed by atoms with Crippen LogP contribution in [0.25, 0.3) is 0 Å². The van der Waals surface area contributed by atoms with E-state index < -0.39 is 0 Å². The van der Waals surface area contributed by atoms with E-state index in [1.54, 1.807) is 6.33 Å². The second-order valence-corrected chi connectivity index (χ2v) is 2.99. The monoisotopic (exact) mass is 204 g/mol. The Morgan fingerprint density at radius 3 is 2.53 bits per heavy atom. The first-order valence-electron chi connectivity index (χ1n) is 4.78. The van der Waals surface area contributed by atoms with Gasteiger partial charge in [-0.2, -0.15) is 0 Å². The second-order valence-electron chi connectivity index (χ2n) is 2.99. The quantitative estimate of drug-likeness (QED) is 0.716. The van der Waals surface area contributed by atoms with Crippen molar-refractivity contribution >= 4 is 11.6 Å². The normalized spacial score (nSPS) is 9.40. The third-order valence-electron chi connectivity index (χ3n) is 1.93. The van der Waals surface area contributed by atoms with E-state index in [1.807, 2.05) is 25.3 Å². The number of rotatable bonds is 6. The topological polar surface area (TPSA) is 41.0 Å². The van der Waals surface area contributed by atoms with Crippen LogP contribution in [0.5, 0.6) is 0 Å². The average molecular weight is 204 g/mol. The predicted octanol–water partition coefficient (Wildman–Crippen LogP) is 1.70. The Balaban J connectivity index is 2.88. The highest BCUT2D eigenvalue weighted by atomic mass is 15.2. The first-order chi connectivity index (χ1) is 7.31. The maximum atomic E-state index is 4.20. The van der Waals surface area contributed by atoms with Crippen LogP contribution in [0.1, 0.15) is 0 Å². The van der Waals surface area contributed by atoms with Crippen LogP contribution in [0.4, 0.5) is 11.6 Å². The molecule has 1 N–H and O–H groups in total. The largest absolute Gasteiger partial charge is 0.373 e. The average Bonchev–Trinajstić information content (AvgIpc) is 2.29. The molecule has 0 radical (unpaired) electrons. The Labute approximate surface area is 90.4 Å². The van der Waals surface area contributed by atoms with Gasteiger partial charge in [-0.15, -0.1) is 13.2 Å². The fraction of sp³-hybridized carbons (Fsp3) is 0.273. The highest BCUT2D eigenvalue weighted by Gasteiger charge is 2.04. The molecule has 0 saturated heterocycles. The molecule has 1 aromatic rings. The van der Waals surface area contributed by atoms with Crippen molar-refractivity contribution in [3.63, 3.8) is 0 Å². The van der Waals surface area contributed by atoms with Crippen LogP contribution in [0.15, 0.2) is 37.7 Å². The molecule has 0 spiro atoms. The lowest BCUT2D eigenvalue weighted by Crippen LogP contribution is -2.24. The summed E-state index contributed by atoms with van der Waals surface area (Å²) in [4.78, 5) is 10.3. The Kier molecular flexibility index (Phi) is 4.34. The summed E-state index contributed by atoms with van der Waals surface area (Å²) < 4.78 is 0. The fourth-order valence-electron chi connectivity index (χ4n) is 1.23. The van der Waals surface area contributed by atoms with Gasteiger partial charge in [0.25, 0.3) is 0 Å². The van der Waals surface area contributed by atoms with E-state index in [4.69, 9.17) is 0 Å². The van der Waals surface area contributed by atoms with Gasteiger partial charge < -0.3 is 10.2 Å². The van der Waals surface area contributed by atoms with Gasteiger partial charge in [0, 0.05) is 26.2 Å². The predicted molar refractivity (Wildman–Crippen MR) is 64.2 cm³/mol. The molecule has 0 fully saturated rings. The third kappa shape index (κ3) is 3.09. The highest BCUT2D eigenvalue weighted by molar-refractivity contribution is 5.48. The number of nitrogens with zero attached hydrogens (tertiary/aromatic N) is 3. The van der Waals surface area contributed by atoms with Crippen molar-refractivity contribution in [2.45, 2.75) is 0 Å². The fourth-order valence-corrected chi connectivity index (χ4v) is 1.23. The molecule has 0 atom stereocenters. The zero-order valence-electron chi connectivity index (χ0n) is 8.98. The van der Waals surface area contributed by atoms with Crippen LogP contribution >= 0.6 is 0 Å². The van der Waals surface area contributed by atoms with Gasteiger partial charge in [0.15, 0.2) is 0 Å². The standard InChI is InChI=1S/C11H16N4/c1-4-6-15(7-5-2)11-8-10(12-3)13-9-14-11/h4-5,8-9H,1-2,6-7H2,3H3,(H,12,13,14). The van der Waals surface area contributed by atoms with Gasteiger partial charge in [-0.05, 0) is 0 Å². The molecule has 0 saturated carbocycles. The molecule has 15 heavy (non-hydrogen) atoms. The molecule has 0 unspecified atom stereocenters. The molecule has 0 aliphatic rings. The van der Waals surface area contributed by atoms with Crippen molar-refractivity contribution in [3.8, 4) is 0 Å². The van der Waals surface area contributed by atoms with Crippen LogP contribution in [-0.4, -0.2) is 30.1 Å². The Morgan fingerprint density at radius 1 is 1.33 bits per heavy atom. The van der Waals surface area contributed by atoms with Gasteiger partial charge in [-0.3, -0.25) is 0 Å². The summed E-state index contributed by atoms with van der Waals surface area (Å²) in [5, 5.41) is 2.98.